The van der Waals surface area contributed by atoms with E-state index in [1.54, 1.807) is 0 Å². The Labute approximate surface area is 126 Å². The molecule has 2 amide bonds. The summed E-state index contributed by atoms with van der Waals surface area (Å²) in [6, 6.07) is 8.18. The van der Waals surface area contributed by atoms with Gasteiger partial charge in [0.15, 0.2) is 0 Å². The van der Waals surface area contributed by atoms with Crippen LogP contribution in [0.25, 0.3) is 0 Å². The molecular formula is C17H25N3O. The summed E-state index contributed by atoms with van der Waals surface area (Å²) in [6.45, 7) is 6.11. The van der Waals surface area contributed by atoms with E-state index >= 15 is 0 Å². The Hall–Kier alpha value is -1.55. The zero-order valence-corrected chi connectivity index (χ0v) is 12.8. The summed E-state index contributed by atoms with van der Waals surface area (Å²) in [6.07, 6.45) is 4.53. The highest BCUT2D eigenvalue weighted by Gasteiger charge is 2.40. The van der Waals surface area contributed by atoms with E-state index < -0.39 is 0 Å². The minimum Gasteiger partial charge on any atom is -0.324 e. The van der Waals surface area contributed by atoms with Crippen LogP contribution in [0.5, 0.6) is 0 Å². The molecule has 0 atom stereocenters. The number of rotatable bonds is 2. The van der Waals surface area contributed by atoms with Gasteiger partial charge in [-0.15, -0.1) is 0 Å². The monoisotopic (exact) mass is 287 g/mol. The number of carbonyl (C=O) groups excluding carboxylic acids is 1. The molecule has 2 aliphatic heterocycles. The van der Waals surface area contributed by atoms with Crippen LogP contribution in [-0.2, 0) is 6.42 Å². The van der Waals surface area contributed by atoms with Crippen LogP contribution in [0.3, 0.4) is 0 Å². The average molecular weight is 287 g/mol. The first kappa shape index (κ1) is 14.4. The Kier molecular flexibility index (Phi) is 4.15. The first-order valence-electron chi connectivity index (χ1n) is 8.06. The molecular weight excluding hydrogens is 262 g/mol. The molecule has 2 fully saturated rings. The van der Waals surface area contributed by atoms with Crippen molar-refractivity contribution >= 4 is 11.7 Å². The van der Waals surface area contributed by atoms with Crippen molar-refractivity contribution in [1.29, 1.82) is 0 Å². The number of nitrogens with one attached hydrogen (secondary N) is 2. The van der Waals surface area contributed by atoms with Crippen molar-refractivity contribution < 1.29 is 4.79 Å². The molecule has 1 aromatic carbocycles. The average Bonchev–Trinajstić information content (AvgIpc) is 2.92. The van der Waals surface area contributed by atoms with Gasteiger partial charge in [-0.1, -0.05) is 19.1 Å². The van der Waals surface area contributed by atoms with Crippen molar-refractivity contribution in [1.82, 2.24) is 10.2 Å². The molecule has 114 valence electrons. The molecule has 0 radical (unpaired) electrons. The Balaban J connectivity index is 1.61. The third-order valence-electron chi connectivity index (χ3n) is 4.98. The number of amides is 2. The number of hydrogen-bond acceptors (Lipinski definition) is 2. The summed E-state index contributed by atoms with van der Waals surface area (Å²) in [4.78, 5) is 14.4. The summed E-state index contributed by atoms with van der Waals surface area (Å²) in [5.74, 6) is 0. The molecule has 1 spiro atoms. The Bertz CT molecular complexity index is 509. The van der Waals surface area contributed by atoms with E-state index in [4.69, 9.17) is 0 Å². The third kappa shape index (κ3) is 3.21. The quantitative estimate of drug-likeness (QED) is 0.878. The summed E-state index contributed by atoms with van der Waals surface area (Å²) >= 11 is 0. The molecule has 0 bridgehead atoms. The lowest BCUT2D eigenvalue weighted by Crippen LogP contribution is -2.40. The van der Waals surface area contributed by atoms with Gasteiger partial charge in [-0.25, -0.2) is 4.79 Å². The molecule has 0 saturated carbocycles. The topological polar surface area (TPSA) is 44.4 Å². The highest BCUT2D eigenvalue weighted by molar-refractivity contribution is 5.89. The second kappa shape index (κ2) is 6.06. The number of piperidine rings is 1. The zero-order valence-electron chi connectivity index (χ0n) is 12.8. The summed E-state index contributed by atoms with van der Waals surface area (Å²) < 4.78 is 0. The number of anilines is 1. The highest BCUT2D eigenvalue weighted by atomic mass is 16.2. The molecule has 4 nitrogen and oxygen atoms in total. The predicted molar refractivity (Wildman–Crippen MR) is 85.6 cm³/mol. The lowest BCUT2D eigenvalue weighted by molar-refractivity contribution is 0.191. The van der Waals surface area contributed by atoms with E-state index in [2.05, 4.69) is 29.7 Å². The van der Waals surface area contributed by atoms with Gasteiger partial charge in [-0.3, -0.25) is 0 Å². The summed E-state index contributed by atoms with van der Waals surface area (Å²) in [7, 11) is 0. The fraction of sp³-hybridized carbons (Fsp3) is 0.588. The van der Waals surface area contributed by atoms with E-state index in [9.17, 15) is 4.79 Å². The second-order valence-electron chi connectivity index (χ2n) is 6.41. The normalized spacial score (nSPS) is 20.7. The lowest BCUT2D eigenvalue weighted by atomic mass is 9.78. The Morgan fingerprint density at radius 3 is 2.90 bits per heavy atom. The van der Waals surface area contributed by atoms with Crippen LogP contribution in [-0.4, -0.2) is 37.1 Å². The van der Waals surface area contributed by atoms with Gasteiger partial charge in [0.25, 0.3) is 0 Å². The van der Waals surface area contributed by atoms with Gasteiger partial charge in [-0.05, 0) is 61.9 Å². The van der Waals surface area contributed by atoms with Crippen LogP contribution >= 0.6 is 0 Å². The maximum Gasteiger partial charge on any atom is 0.321 e. The standard InChI is InChI=1S/C17H25N3O/c1-2-14-4-3-5-15(12-14)19-16(21)20-11-8-17(13-20)6-9-18-10-7-17/h3-5,12,18H,2,6-11,13H2,1H3,(H,19,21). The molecule has 2 aliphatic rings. The van der Waals surface area contributed by atoms with Gasteiger partial charge in [0.1, 0.15) is 0 Å². The number of nitrogens with zero attached hydrogens (tertiary/aromatic N) is 1. The molecule has 0 aromatic heterocycles. The number of likely N-dealkylation sites (tertiary alicyclic amines) is 1. The Morgan fingerprint density at radius 2 is 2.14 bits per heavy atom. The van der Waals surface area contributed by atoms with Gasteiger partial charge in [0.2, 0.25) is 0 Å². The third-order valence-corrected chi connectivity index (χ3v) is 4.98. The van der Waals surface area contributed by atoms with Crippen molar-refractivity contribution in [2.24, 2.45) is 5.41 Å². The predicted octanol–water partition coefficient (Wildman–Crippen LogP) is 2.86. The van der Waals surface area contributed by atoms with Crippen molar-refractivity contribution in [3.8, 4) is 0 Å². The van der Waals surface area contributed by atoms with Crippen molar-refractivity contribution in [2.75, 3.05) is 31.5 Å². The van der Waals surface area contributed by atoms with Gasteiger partial charge in [0, 0.05) is 18.8 Å². The summed E-state index contributed by atoms with van der Waals surface area (Å²) in [5.41, 5.74) is 2.53. The highest BCUT2D eigenvalue weighted by Crippen LogP contribution is 2.38. The van der Waals surface area contributed by atoms with E-state index in [-0.39, 0.29) is 6.03 Å². The van der Waals surface area contributed by atoms with Crippen molar-refractivity contribution in [2.45, 2.75) is 32.6 Å². The minimum absolute atomic E-state index is 0.0543. The van der Waals surface area contributed by atoms with E-state index in [0.717, 1.165) is 44.7 Å². The number of urea groups is 1. The van der Waals surface area contributed by atoms with E-state index in [1.807, 2.05) is 17.0 Å². The molecule has 1 aromatic rings. The van der Waals surface area contributed by atoms with Crippen LogP contribution in [0.1, 0.15) is 31.7 Å². The van der Waals surface area contributed by atoms with Gasteiger partial charge in [-0.2, -0.15) is 0 Å². The maximum absolute atomic E-state index is 12.4. The van der Waals surface area contributed by atoms with Crippen LogP contribution < -0.4 is 10.6 Å². The first-order valence-corrected chi connectivity index (χ1v) is 8.06. The van der Waals surface area contributed by atoms with Gasteiger partial charge < -0.3 is 15.5 Å². The SMILES string of the molecule is CCc1cccc(NC(=O)N2CCC3(CCNCC3)C2)c1. The van der Waals surface area contributed by atoms with Crippen molar-refractivity contribution in [3.63, 3.8) is 0 Å². The smallest absolute Gasteiger partial charge is 0.321 e. The number of carbonyl (C=O) groups is 1. The van der Waals surface area contributed by atoms with Crippen molar-refractivity contribution in [3.05, 3.63) is 29.8 Å². The fourth-order valence-electron chi connectivity index (χ4n) is 3.55. The minimum atomic E-state index is 0.0543. The molecule has 21 heavy (non-hydrogen) atoms. The lowest BCUT2D eigenvalue weighted by Gasteiger charge is -2.33. The molecule has 3 rings (SSSR count). The number of benzene rings is 1. The largest absolute Gasteiger partial charge is 0.324 e. The maximum atomic E-state index is 12.4. The second-order valence-corrected chi connectivity index (χ2v) is 6.41. The van der Waals surface area contributed by atoms with E-state index in [1.165, 1.54) is 18.4 Å². The molecule has 2 heterocycles. The Morgan fingerprint density at radius 1 is 1.33 bits per heavy atom. The fourth-order valence-corrected chi connectivity index (χ4v) is 3.55. The van der Waals surface area contributed by atoms with Crippen LogP contribution in [0.4, 0.5) is 10.5 Å². The first-order chi connectivity index (χ1) is 10.2. The molecule has 0 aliphatic carbocycles. The molecule has 2 N–H and O–H groups in total. The van der Waals surface area contributed by atoms with Crippen LogP contribution in [0, 0.1) is 5.41 Å². The van der Waals surface area contributed by atoms with Gasteiger partial charge >= 0.3 is 6.03 Å². The van der Waals surface area contributed by atoms with Gasteiger partial charge in [0.05, 0.1) is 0 Å². The van der Waals surface area contributed by atoms with E-state index in [0.29, 0.717) is 5.41 Å². The molecule has 0 unspecified atom stereocenters. The molecule has 2 saturated heterocycles. The number of aryl methyl sites for hydroxylation is 1. The van der Waals surface area contributed by atoms with Crippen LogP contribution in [0.15, 0.2) is 24.3 Å². The summed E-state index contributed by atoms with van der Waals surface area (Å²) in [5, 5.41) is 6.47. The number of hydrogen-bond donors (Lipinski definition) is 2. The van der Waals surface area contributed by atoms with Crippen LogP contribution in [0.2, 0.25) is 0 Å². The zero-order chi connectivity index (χ0) is 14.7. The molecule has 4 heteroatoms.